The molecule has 140 valence electrons. The average Bonchev–Trinajstić information content (AvgIpc) is 2.67. The van der Waals surface area contributed by atoms with E-state index in [2.05, 4.69) is 51.5 Å². The third-order valence-corrected chi connectivity index (χ3v) is 4.59. The molecule has 1 aromatic heterocycles. The molecule has 3 aromatic rings. The highest BCUT2D eigenvalue weighted by Crippen LogP contribution is 2.24. The monoisotopic (exact) mass is 381 g/mol. The molecule has 0 spiro atoms. The molecular weight excluding hydrogens is 358 g/mol. The van der Waals surface area contributed by atoms with Gasteiger partial charge in [0, 0.05) is 41.4 Å². The molecule has 6 heteroatoms. The number of anilines is 5. The Morgan fingerprint density at radius 2 is 1.70 bits per heavy atom. The maximum absolute atomic E-state index is 6.02. The van der Waals surface area contributed by atoms with Crippen LogP contribution in [0.25, 0.3) is 0 Å². The minimum Gasteiger partial charge on any atom is -0.372 e. The van der Waals surface area contributed by atoms with Crippen molar-refractivity contribution in [2.45, 2.75) is 20.8 Å². The van der Waals surface area contributed by atoms with Gasteiger partial charge in [0.15, 0.2) is 0 Å². The van der Waals surface area contributed by atoms with Crippen LogP contribution in [-0.2, 0) is 0 Å². The number of aromatic nitrogens is 2. The lowest BCUT2D eigenvalue weighted by Gasteiger charge is -2.21. The quantitative estimate of drug-likeness (QED) is 0.544. The van der Waals surface area contributed by atoms with Crippen molar-refractivity contribution in [3.63, 3.8) is 0 Å². The minimum absolute atomic E-state index is 0.544. The first-order chi connectivity index (χ1) is 13.1. The number of hydrogen-bond acceptors (Lipinski definition) is 5. The highest BCUT2D eigenvalue weighted by Gasteiger charge is 2.05. The summed E-state index contributed by atoms with van der Waals surface area (Å²) in [7, 11) is 0. The minimum atomic E-state index is 0.544. The van der Waals surface area contributed by atoms with Gasteiger partial charge in [-0.15, -0.1) is 0 Å². The van der Waals surface area contributed by atoms with Crippen molar-refractivity contribution in [2.75, 3.05) is 28.6 Å². The van der Waals surface area contributed by atoms with Gasteiger partial charge in [0.05, 0.1) is 0 Å². The van der Waals surface area contributed by atoms with Gasteiger partial charge < -0.3 is 15.5 Å². The summed E-state index contributed by atoms with van der Waals surface area (Å²) in [6, 6.07) is 15.8. The van der Waals surface area contributed by atoms with Crippen molar-refractivity contribution in [1.82, 2.24) is 9.97 Å². The van der Waals surface area contributed by atoms with E-state index in [1.165, 1.54) is 5.69 Å². The Balaban J connectivity index is 1.72. The van der Waals surface area contributed by atoms with Gasteiger partial charge in [0.25, 0.3) is 0 Å². The third kappa shape index (κ3) is 4.89. The molecule has 3 rings (SSSR count). The van der Waals surface area contributed by atoms with E-state index in [0.29, 0.717) is 5.95 Å². The molecule has 5 nitrogen and oxygen atoms in total. The van der Waals surface area contributed by atoms with Crippen molar-refractivity contribution in [3.05, 3.63) is 65.3 Å². The fourth-order valence-electron chi connectivity index (χ4n) is 2.87. The summed E-state index contributed by atoms with van der Waals surface area (Å²) in [5, 5.41) is 7.28. The normalized spacial score (nSPS) is 10.5. The number of rotatable bonds is 7. The van der Waals surface area contributed by atoms with Crippen LogP contribution in [0.15, 0.2) is 54.7 Å². The van der Waals surface area contributed by atoms with E-state index in [4.69, 9.17) is 11.6 Å². The summed E-state index contributed by atoms with van der Waals surface area (Å²) >= 11 is 6.02. The predicted octanol–water partition coefficient (Wildman–Crippen LogP) is 5.77. The number of benzene rings is 2. The van der Waals surface area contributed by atoms with Gasteiger partial charge in [-0.1, -0.05) is 11.6 Å². The van der Waals surface area contributed by atoms with Crippen molar-refractivity contribution in [1.29, 1.82) is 0 Å². The van der Waals surface area contributed by atoms with Gasteiger partial charge in [-0.3, -0.25) is 0 Å². The smallest absolute Gasteiger partial charge is 0.229 e. The number of hydrogen-bond donors (Lipinski definition) is 2. The Morgan fingerprint density at radius 3 is 2.37 bits per heavy atom. The molecule has 0 saturated carbocycles. The lowest BCUT2D eigenvalue weighted by atomic mass is 10.2. The lowest BCUT2D eigenvalue weighted by Crippen LogP contribution is -2.21. The summed E-state index contributed by atoms with van der Waals surface area (Å²) in [6.45, 7) is 8.30. The topological polar surface area (TPSA) is 53.1 Å². The van der Waals surface area contributed by atoms with E-state index in [1.807, 2.05) is 43.3 Å². The van der Waals surface area contributed by atoms with Crippen LogP contribution < -0.4 is 15.5 Å². The molecule has 1 heterocycles. The van der Waals surface area contributed by atoms with E-state index < -0.39 is 0 Å². The summed E-state index contributed by atoms with van der Waals surface area (Å²) in [6.07, 6.45) is 1.73. The first-order valence-electron chi connectivity index (χ1n) is 9.07. The molecule has 2 aromatic carbocycles. The lowest BCUT2D eigenvalue weighted by molar-refractivity contribution is 0.866. The molecule has 0 unspecified atom stereocenters. The fourth-order valence-corrected chi connectivity index (χ4v) is 3.09. The SMILES string of the molecule is CCN(CC)c1ccc(Nc2nccc(Nc3ccc(Cl)cc3C)n2)cc1. The van der Waals surface area contributed by atoms with Crippen molar-refractivity contribution >= 4 is 40.4 Å². The number of nitrogens with zero attached hydrogens (tertiary/aromatic N) is 3. The zero-order chi connectivity index (χ0) is 19.2. The maximum Gasteiger partial charge on any atom is 0.229 e. The Bertz CT molecular complexity index is 891. The Kier molecular flexibility index (Phi) is 6.14. The average molecular weight is 382 g/mol. The zero-order valence-corrected chi connectivity index (χ0v) is 16.6. The summed E-state index contributed by atoms with van der Waals surface area (Å²) in [5.74, 6) is 1.26. The van der Waals surface area contributed by atoms with Crippen LogP contribution >= 0.6 is 11.6 Å². The Morgan fingerprint density at radius 1 is 0.963 bits per heavy atom. The maximum atomic E-state index is 6.02. The molecule has 0 atom stereocenters. The first-order valence-corrected chi connectivity index (χ1v) is 9.45. The standard InChI is InChI=1S/C21H24ClN5/c1-4-27(5-2)18-9-7-17(8-10-18)24-21-23-13-12-20(26-21)25-19-11-6-16(22)14-15(19)3/h6-14H,4-5H2,1-3H3,(H2,23,24,25,26). The van der Waals surface area contributed by atoms with Crippen LogP contribution in [0.4, 0.5) is 28.8 Å². The Hall–Kier alpha value is -2.79. The van der Waals surface area contributed by atoms with E-state index in [1.54, 1.807) is 6.20 Å². The van der Waals surface area contributed by atoms with Gasteiger partial charge in [-0.25, -0.2) is 4.98 Å². The van der Waals surface area contributed by atoms with E-state index in [0.717, 1.165) is 40.9 Å². The van der Waals surface area contributed by atoms with Crippen LogP contribution in [0, 0.1) is 6.92 Å². The van der Waals surface area contributed by atoms with Crippen molar-refractivity contribution in [2.24, 2.45) is 0 Å². The highest BCUT2D eigenvalue weighted by atomic mass is 35.5. The van der Waals surface area contributed by atoms with Crippen LogP contribution in [0.2, 0.25) is 5.02 Å². The molecule has 27 heavy (non-hydrogen) atoms. The molecule has 0 saturated heterocycles. The molecular formula is C21H24ClN5. The fraction of sp³-hybridized carbons (Fsp3) is 0.238. The number of halogens is 1. The molecule has 0 aliphatic heterocycles. The van der Waals surface area contributed by atoms with Crippen LogP contribution in [0.3, 0.4) is 0 Å². The zero-order valence-electron chi connectivity index (χ0n) is 15.8. The first kappa shape index (κ1) is 19.0. The molecule has 0 amide bonds. The molecule has 0 aliphatic rings. The molecule has 0 radical (unpaired) electrons. The van der Waals surface area contributed by atoms with Gasteiger partial charge in [0.2, 0.25) is 5.95 Å². The summed E-state index contributed by atoms with van der Waals surface area (Å²) in [5.41, 5.74) is 4.18. The Labute approximate surface area is 165 Å². The van der Waals surface area contributed by atoms with Crippen molar-refractivity contribution in [3.8, 4) is 0 Å². The number of aryl methyl sites for hydroxylation is 1. The number of nitrogens with one attached hydrogen (secondary N) is 2. The van der Waals surface area contributed by atoms with Gasteiger partial charge in [0.1, 0.15) is 5.82 Å². The predicted molar refractivity (Wildman–Crippen MR) is 115 cm³/mol. The summed E-state index contributed by atoms with van der Waals surface area (Å²) in [4.78, 5) is 11.2. The molecule has 0 aliphatic carbocycles. The second kappa shape index (κ2) is 8.73. The third-order valence-electron chi connectivity index (χ3n) is 4.36. The van der Waals surface area contributed by atoms with Crippen molar-refractivity contribution < 1.29 is 0 Å². The van der Waals surface area contributed by atoms with Gasteiger partial charge in [-0.05, 0) is 74.9 Å². The van der Waals surface area contributed by atoms with Crippen LogP contribution in [0.1, 0.15) is 19.4 Å². The second-order valence-electron chi connectivity index (χ2n) is 6.19. The largest absolute Gasteiger partial charge is 0.372 e. The van der Waals surface area contributed by atoms with E-state index in [-0.39, 0.29) is 0 Å². The van der Waals surface area contributed by atoms with Crippen LogP contribution in [0.5, 0.6) is 0 Å². The molecule has 0 bridgehead atoms. The molecule has 2 N–H and O–H groups in total. The molecule has 0 fully saturated rings. The summed E-state index contributed by atoms with van der Waals surface area (Å²) < 4.78 is 0. The van der Waals surface area contributed by atoms with E-state index in [9.17, 15) is 0 Å². The van der Waals surface area contributed by atoms with Gasteiger partial charge >= 0.3 is 0 Å². The highest BCUT2D eigenvalue weighted by molar-refractivity contribution is 6.30. The van der Waals surface area contributed by atoms with Crippen LogP contribution in [-0.4, -0.2) is 23.1 Å². The van der Waals surface area contributed by atoms with E-state index >= 15 is 0 Å². The second-order valence-corrected chi connectivity index (χ2v) is 6.63. The van der Waals surface area contributed by atoms with Gasteiger partial charge in [-0.2, -0.15) is 4.98 Å².